The standard InChI is InChI=1S/C16H17ClN2/c1-11(2)7-8-12(3)15-10-16(19-18-15)13-5-4-6-14(17)9-13/h4-10H,1-3H3,(H,18,19). The number of nitrogens with one attached hydrogen (secondary N) is 1. The van der Waals surface area contributed by atoms with Gasteiger partial charge in [-0.25, -0.2) is 0 Å². The highest BCUT2D eigenvalue weighted by Crippen LogP contribution is 2.23. The first-order valence-electron chi connectivity index (χ1n) is 6.20. The molecule has 0 spiro atoms. The molecule has 2 rings (SSSR count). The van der Waals surface area contributed by atoms with E-state index in [0.717, 1.165) is 27.5 Å². The highest BCUT2D eigenvalue weighted by molar-refractivity contribution is 6.30. The molecule has 1 aromatic carbocycles. The third-order valence-corrected chi connectivity index (χ3v) is 3.02. The Balaban J connectivity index is 2.29. The molecule has 2 nitrogen and oxygen atoms in total. The third-order valence-electron chi connectivity index (χ3n) is 2.78. The molecule has 1 aromatic heterocycles. The summed E-state index contributed by atoms with van der Waals surface area (Å²) >= 11 is 6.00. The van der Waals surface area contributed by atoms with E-state index in [0.29, 0.717) is 0 Å². The van der Waals surface area contributed by atoms with Crippen LogP contribution in [0.15, 0.2) is 48.1 Å². The summed E-state index contributed by atoms with van der Waals surface area (Å²) in [6.45, 7) is 6.20. The second-order valence-electron chi connectivity index (χ2n) is 4.77. The quantitative estimate of drug-likeness (QED) is 0.774. The van der Waals surface area contributed by atoms with Gasteiger partial charge >= 0.3 is 0 Å². The van der Waals surface area contributed by atoms with Crippen molar-refractivity contribution in [1.29, 1.82) is 0 Å². The lowest BCUT2D eigenvalue weighted by molar-refractivity contribution is 1.08. The number of hydrogen-bond donors (Lipinski definition) is 1. The van der Waals surface area contributed by atoms with Crippen LogP contribution in [0.1, 0.15) is 26.5 Å². The number of aromatic nitrogens is 2. The number of hydrogen-bond acceptors (Lipinski definition) is 1. The first kappa shape index (κ1) is 13.6. The van der Waals surface area contributed by atoms with Crippen LogP contribution in [-0.2, 0) is 0 Å². The van der Waals surface area contributed by atoms with E-state index in [2.05, 4.69) is 43.1 Å². The molecule has 0 radical (unpaired) electrons. The molecule has 3 heteroatoms. The average molecular weight is 273 g/mol. The average Bonchev–Trinajstić information content (AvgIpc) is 2.85. The van der Waals surface area contributed by atoms with Gasteiger partial charge in [-0.05, 0) is 44.5 Å². The van der Waals surface area contributed by atoms with E-state index in [-0.39, 0.29) is 0 Å². The lowest BCUT2D eigenvalue weighted by Crippen LogP contribution is -1.78. The third kappa shape index (κ3) is 3.58. The van der Waals surface area contributed by atoms with Crippen molar-refractivity contribution in [1.82, 2.24) is 10.2 Å². The number of aromatic amines is 1. The Morgan fingerprint density at radius 3 is 2.63 bits per heavy atom. The topological polar surface area (TPSA) is 28.7 Å². The summed E-state index contributed by atoms with van der Waals surface area (Å²) in [5.74, 6) is 0. The van der Waals surface area contributed by atoms with E-state index in [9.17, 15) is 0 Å². The van der Waals surface area contributed by atoms with Crippen LogP contribution < -0.4 is 0 Å². The number of rotatable bonds is 3. The Bertz CT molecular complexity index is 632. The Morgan fingerprint density at radius 1 is 1.16 bits per heavy atom. The summed E-state index contributed by atoms with van der Waals surface area (Å²) in [6, 6.07) is 9.77. The predicted molar refractivity (Wildman–Crippen MR) is 82.1 cm³/mol. The molecule has 0 saturated carbocycles. The normalized spacial score (nSPS) is 11.5. The molecule has 1 N–H and O–H groups in total. The lowest BCUT2D eigenvalue weighted by Gasteiger charge is -1.96. The Hall–Kier alpha value is -1.80. The van der Waals surface area contributed by atoms with Crippen molar-refractivity contribution in [2.24, 2.45) is 0 Å². The van der Waals surface area contributed by atoms with E-state index in [4.69, 9.17) is 11.6 Å². The minimum absolute atomic E-state index is 0.727. The van der Waals surface area contributed by atoms with Crippen molar-refractivity contribution in [3.05, 3.63) is 58.8 Å². The molecular formula is C16H17ClN2. The van der Waals surface area contributed by atoms with Crippen molar-refractivity contribution >= 4 is 17.2 Å². The summed E-state index contributed by atoms with van der Waals surface area (Å²) in [6.07, 6.45) is 4.16. The van der Waals surface area contributed by atoms with Gasteiger partial charge in [0.15, 0.2) is 0 Å². The largest absolute Gasteiger partial charge is 0.277 e. The van der Waals surface area contributed by atoms with Gasteiger partial charge in [0.25, 0.3) is 0 Å². The van der Waals surface area contributed by atoms with Gasteiger partial charge in [0.05, 0.1) is 11.4 Å². The van der Waals surface area contributed by atoms with E-state index < -0.39 is 0 Å². The molecule has 19 heavy (non-hydrogen) atoms. The van der Waals surface area contributed by atoms with Crippen LogP contribution in [0.2, 0.25) is 5.02 Å². The molecule has 0 aliphatic heterocycles. The van der Waals surface area contributed by atoms with Crippen molar-refractivity contribution in [3.63, 3.8) is 0 Å². The first-order chi connectivity index (χ1) is 9.06. The van der Waals surface area contributed by atoms with Crippen LogP contribution in [0.5, 0.6) is 0 Å². The SMILES string of the molecule is CC(C)=CC=C(C)c1cc(-c2cccc(Cl)c2)[nH]n1. The molecule has 0 bridgehead atoms. The van der Waals surface area contributed by atoms with Gasteiger partial charge in [0.2, 0.25) is 0 Å². The minimum Gasteiger partial charge on any atom is -0.277 e. The number of nitrogens with zero attached hydrogens (tertiary/aromatic N) is 1. The van der Waals surface area contributed by atoms with Gasteiger partial charge in [-0.15, -0.1) is 0 Å². The van der Waals surface area contributed by atoms with E-state index in [1.807, 2.05) is 30.3 Å². The van der Waals surface area contributed by atoms with Crippen LogP contribution in [0.4, 0.5) is 0 Å². The van der Waals surface area contributed by atoms with Crippen LogP contribution in [0.25, 0.3) is 16.8 Å². The summed E-state index contributed by atoms with van der Waals surface area (Å²) < 4.78 is 0. The molecule has 0 atom stereocenters. The van der Waals surface area contributed by atoms with Gasteiger partial charge in [-0.1, -0.05) is 41.5 Å². The van der Waals surface area contributed by atoms with Crippen molar-refractivity contribution < 1.29 is 0 Å². The van der Waals surface area contributed by atoms with Gasteiger partial charge in [-0.2, -0.15) is 5.10 Å². The van der Waals surface area contributed by atoms with Crippen molar-refractivity contribution in [3.8, 4) is 11.3 Å². The highest BCUT2D eigenvalue weighted by atomic mass is 35.5. The molecule has 98 valence electrons. The van der Waals surface area contributed by atoms with Crippen LogP contribution in [0, 0.1) is 0 Å². The molecule has 1 heterocycles. The Kier molecular flexibility index (Phi) is 4.23. The van der Waals surface area contributed by atoms with E-state index >= 15 is 0 Å². The maximum absolute atomic E-state index is 6.00. The molecule has 0 unspecified atom stereocenters. The van der Waals surface area contributed by atoms with Crippen molar-refractivity contribution in [2.45, 2.75) is 20.8 Å². The van der Waals surface area contributed by atoms with Crippen molar-refractivity contribution in [2.75, 3.05) is 0 Å². The summed E-state index contributed by atoms with van der Waals surface area (Å²) in [5.41, 5.74) is 5.37. The smallest absolute Gasteiger partial charge is 0.0884 e. The predicted octanol–water partition coefficient (Wildman–Crippen LogP) is 5.10. The summed E-state index contributed by atoms with van der Waals surface area (Å²) in [5, 5.41) is 8.11. The number of allylic oxidation sites excluding steroid dienone is 4. The molecule has 2 aromatic rings. The fraction of sp³-hybridized carbons (Fsp3) is 0.188. The summed E-state index contributed by atoms with van der Waals surface area (Å²) in [7, 11) is 0. The van der Waals surface area contributed by atoms with Gasteiger partial charge in [-0.3, -0.25) is 5.10 Å². The molecule has 0 aliphatic carbocycles. The lowest BCUT2D eigenvalue weighted by atomic mass is 10.1. The maximum Gasteiger partial charge on any atom is 0.0884 e. The van der Waals surface area contributed by atoms with Crippen LogP contribution >= 0.6 is 11.6 Å². The molecular weight excluding hydrogens is 256 g/mol. The zero-order chi connectivity index (χ0) is 13.8. The van der Waals surface area contributed by atoms with Gasteiger partial charge in [0, 0.05) is 10.6 Å². The second-order valence-corrected chi connectivity index (χ2v) is 5.21. The van der Waals surface area contributed by atoms with Crippen LogP contribution in [-0.4, -0.2) is 10.2 Å². The fourth-order valence-electron chi connectivity index (χ4n) is 1.70. The molecule has 0 fully saturated rings. The monoisotopic (exact) mass is 272 g/mol. The Morgan fingerprint density at radius 2 is 1.95 bits per heavy atom. The molecule has 0 amide bonds. The zero-order valence-corrected chi connectivity index (χ0v) is 12.1. The molecule has 0 aliphatic rings. The number of H-pyrrole nitrogens is 1. The zero-order valence-electron chi connectivity index (χ0n) is 11.4. The van der Waals surface area contributed by atoms with Gasteiger partial charge < -0.3 is 0 Å². The minimum atomic E-state index is 0.727. The molecule has 0 saturated heterocycles. The maximum atomic E-state index is 6.00. The fourth-order valence-corrected chi connectivity index (χ4v) is 1.89. The number of benzene rings is 1. The van der Waals surface area contributed by atoms with Crippen LogP contribution in [0.3, 0.4) is 0 Å². The Labute approximate surface area is 118 Å². The van der Waals surface area contributed by atoms with E-state index in [1.54, 1.807) is 0 Å². The summed E-state index contributed by atoms with van der Waals surface area (Å²) in [4.78, 5) is 0. The highest BCUT2D eigenvalue weighted by Gasteiger charge is 2.05. The van der Waals surface area contributed by atoms with Gasteiger partial charge in [0.1, 0.15) is 0 Å². The first-order valence-corrected chi connectivity index (χ1v) is 6.57. The second kappa shape index (κ2) is 5.89. The van der Waals surface area contributed by atoms with E-state index in [1.165, 1.54) is 5.57 Å². The number of halogens is 1.